The van der Waals surface area contributed by atoms with E-state index in [4.69, 9.17) is 11.6 Å². The van der Waals surface area contributed by atoms with E-state index in [0.717, 1.165) is 17.3 Å². The number of amides is 1. The van der Waals surface area contributed by atoms with Gasteiger partial charge >= 0.3 is 0 Å². The summed E-state index contributed by atoms with van der Waals surface area (Å²) in [5, 5.41) is 14.7. The van der Waals surface area contributed by atoms with E-state index in [0.29, 0.717) is 9.47 Å². The van der Waals surface area contributed by atoms with Crippen molar-refractivity contribution in [3.63, 3.8) is 0 Å². The van der Waals surface area contributed by atoms with Crippen LogP contribution < -0.4 is 10.6 Å². The average Bonchev–Trinajstić information content (AvgIpc) is 3.03. The fourth-order valence-electron chi connectivity index (χ4n) is 2.07. The average molecular weight is 409 g/mol. The lowest BCUT2D eigenvalue weighted by Crippen LogP contribution is -2.14. The van der Waals surface area contributed by atoms with E-state index >= 15 is 0 Å². The topological polar surface area (TPSA) is 66.9 Å². The molecule has 0 saturated heterocycles. The van der Waals surface area contributed by atoms with Crippen molar-refractivity contribution >= 4 is 57.1 Å². The van der Waals surface area contributed by atoms with Crippen LogP contribution in [0.2, 0.25) is 5.02 Å². The van der Waals surface area contributed by atoms with E-state index in [-0.39, 0.29) is 22.4 Å². The number of nitrogens with one attached hydrogen (secondary N) is 2. The molecule has 3 rings (SSSR count). The standard InChI is InChI=1S/C17H14ClFN4OS2/c1-10-3-2-4-12(7-10)20-16-22-23-17(26-16)25-9-15(24)21-14-6-5-11(18)8-13(14)19/h2-8H,9H2,1H3,(H,20,22)(H,21,24). The molecular formula is C17H14ClFN4OS2. The zero-order valence-corrected chi connectivity index (χ0v) is 16.0. The Labute approximate surface area is 163 Å². The highest BCUT2D eigenvalue weighted by Gasteiger charge is 2.11. The van der Waals surface area contributed by atoms with Gasteiger partial charge < -0.3 is 10.6 Å². The van der Waals surface area contributed by atoms with Gasteiger partial charge in [-0.3, -0.25) is 4.79 Å². The molecule has 1 heterocycles. The van der Waals surface area contributed by atoms with Gasteiger partial charge in [0.1, 0.15) is 5.82 Å². The first-order valence-electron chi connectivity index (χ1n) is 7.54. The second-order valence-electron chi connectivity index (χ2n) is 5.33. The smallest absolute Gasteiger partial charge is 0.234 e. The molecule has 0 aliphatic carbocycles. The molecule has 0 aliphatic heterocycles. The van der Waals surface area contributed by atoms with Gasteiger partial charge in [-0.25, -0.2) is 4.39 Å². The molecule has 0 bridgehead atoms. The molecule has 134 valence electrons. The molecule has 0 saturated carbocycles. The van der Waals surface area contributed by atoms with Crippen LogP contribution in [0.15, 0.2) is 46.8 Å². The minimum Gasteiger partial charge on any atom is -0.330 e. The van der Waals surface area contributed by atoms with Crippen molar-refractivity contribution < 1.29 is 9.18 Å². The summed E-state index contributed by atoms with van der Waals surface area (Å²) >= 11 is 8.27. The Morgan fingerprint density at radius 3 is 2.88 bits per heavy atom. The van der Waals surface area contributed by atoms with Gasteiger partial charge in [-0.15, -0.1) is 10.2 Å². The number of carbonyl (C=O) groups is 1. The van der Waals surface area contributed by atoms with E-state index < -0.39 is 5.82 Å². The lowest BCUT2D eigenvalue weighted by molar-refractivity contribution is -0.113. The fourth-order valence-corrected chi connectivity index (χ4v) is 3.80. The predicted molar refractivity (Wildman–Crippen MR) is 105 cm³/mol. The Kier molecular flexibility index (Phi) is 6.08. The van der Waals surface area contributed by atoms with E-state index in [1.165, 1.54) is 35.2 Å². The van der Waals surface area contributed by atoms with Crippen LogP contribution in [-0.4, -0.2) is 21.9 Å². The predicted octanol–water partition coefficient (Wildman–Crippen LogP) is 5.11. The molecule has 3 aromatic rings. The molecule has 0 aliphatic rings. The molecule has 5 nitrogen and oxygen atoms in total. The number of carbonyl (C=O) groups excluding carboxylic acids is 1. The zero-order valence-electron chi connectivity index (χ0n) is 13.6. The summed E-state index contributed by atoms with van der Waals surface area (Å²) in [7, 11) is 0. The Morgan fingerprint density at radius 1 is 1.27 bits per heavy atom. The first-order chi connectivity index (χ1) is 12.5. The summed E-state index contributed by atoms with van der Waals surface area (Å²) in [6, 6.07) is 12.0. The number of thioether (sulfide) groups is 1. The number of aromatic nitrogens is 2. The quantitative estimate of drug-likeness (QED) is 0.554. The normalized spacial score (nSPS) is 10.6. The van der Waals surface area contributed by atoms with Crippen molar-refractivity contribution in [3.05, 3.63) is 58.9 Å². The van der Waals surface area contributed by atoms with Crippen LogP contribution >= 0.6 is 34.7 Å². The van der Waals surface area contributed by atoms with Crippen molar-refractivity contribution in [2.24, 2.45) is 0 Å². The summed E-state index contributed by atoms with van der Waals surface area (Å²) in [6.07, 6.45) is 0. The van der Waals surface area contributed by atoms with Gasteiger partial charge in [0.25, 0.3) is 0 Å². The first-order valence-corrected chi connectivity index (χ1v) is 9.72. The number of halogens is 2. The third-order valence-corrected chi connectivity index (χ3v) is 5.41. The van der Waals surface area contributed by atoms with E-state index in [1.54, 1.807) is 0 Å². The summed E-state index contributed by atoms with van der Waals surface area (Å²) in [4.78, 5) is 12.0. The number of hydrogen-bond donors (Lipinski definition) is 2. The van der Waals surface area contributed by atoms with Gasteiger partial charge in [-0.2, -0.15) is 0 Å². The van der Waals surface area contributed by atoms with Crippen molar-refractivity contribution in [1.29, 1.82) is 0 Å². The third kappa shape index (κ3) is 5.17. The van der Waals surface area contributed by atoms with Crippen molar-refractivity contribution in [1.82, 2.24) is 10.2 Å². The molecule has 0 radical (unpaired) electrons. The molecule has 1 aromatic heterocycles. The molecule has 0 fully saturated rings. The maximum absolute atomic E-state index is 13.7. The van der Waals surface area contributed by atoms with Crippen LogP contribution in [0.5, 0.6) is 0 Å². The molecule has 0 unspecified atom stereocenters. The van der Waals surface area contributed by atoms with Gasteiger partial charge in [0.05, 0.1) is 11.4 Å². The van der Waals surface area contributed by atoms with Gasteiger partial charge in [0.15, 0.2) is 4.34 Å². The Balaban J connectivity index is 1.53. The second kappa shape index (κ2) is 8.48. The molecule has 26 heavy (non-hydrogen) atoms. The number of aryl methyl sites for hydroxylation is 1. The lowest BCUT2D eigenvalue weighted by Gasteiger charge is -2.05. The van der Waals surface area contributed by atoms with Crippen LogP contribution in [0.25, 0.3) is 0 Å². The van der Waals surface area contributed by atoms with Crippen molar-refractivity contribution in [2.45, 2.75) is 11.3 Å². The Morgan fingerprint density at radius 2 is 2.12 bits per heavy atom. The van der Waals surface area contributed by atoms with Crippen LogP contribution in [-0.2, 0) is 4.79 Å². The highest BCUT2D eigenvalue weighted by molar-refractivity contribution is 8.01. The first kappa shape index (κ1) is 18.6. The Hall–Kier alpha value is -2.16. The van der Waals surface area contributed by atoms with Gasteiger partial charge in [0.2, 0.25) is 11.0 Å². The highest BCUT2D eigenvalue weighted by atomic mass is 35.5. The number of hydrogen-bond acceptors (Lipinski definition) is 6. The minimum atomic E-state index is -0.573. The summed E-state index contributed by atoms with van der Waals surface area (Å²) in [5.41, 5.74) is 2.16. The third-order valence-electron chi connectivity index (χ3n) is 3.21. The molecule has 2 N–H and O–H groups in total. The largest absolute Gasteiger partial charge is 0.330 e. The number of rotatable bonds is 6. The van der Waals surface area contributed by atoms with Crippen LogP contribution in [0.1, 0.15) is 5.56 Å². The van der Waals surface area contributed by atoms with E-state index in [9.17, 15) is 9.18 Å². The van der Waals surface area contributed by atoms with E-state index in [1.807, 2.05) is 31.2 Å². The zero-order chi connectivity index (χ0) is 18.5. The molecule has 1 amide bonds. The molecule has 2 aromatic carbocycles. The summed E-state index contributed by atoms with van der Waals surface area (Å²) in [6.45, 7) is 2.01. The van der Waals surface area contributed by atoms with Gasteiger partial charge in [0, 0.05) is 10.7 Å². The Bertz CT molecular complexity index is 935. The maximum atomic E-state index is 13.7. The molecular weight excluding hydrogens is 395 g/mol. The summed E-state index contributed by atoms with van der Waals surface area (Å²) < 4.78 is 14.3. The number of anilines is 3. The van der Waals surface area contributed by atoms with Crippen LogP contribution in [0, 0.1) is 12.7 Å². The molecule has 9 heteroatoms. The number of benzene rings is 2. The number of nitrogens with zero attached hydrogens (tertiary/aromatic N) is 2. The van der Waals surface area contributed by atoms with Crippen LogP contribution in [0.4, 0.5) is 20.9 Å². The lowest BCUT2D eigenvalue weighted by atomic mass is 10.2. The fraction of sp³-hybridized carbons (Fsp3) is 0.118. The molecule has 0 atom stereocenters. The maximum Gasteiger partial charge on any atom is 0.234 e. The monoisotopic (exact) mass is 408 g/mol. The van der Waals surface area contributed by atoms with Gasteiger partial charge in [-0.05, 0) is 42.8 Å². The van der Waals surface area contributed by atoms with Crippen LogP contribution in [0.3, 0.4) is 0 Å². The van der Waals surface area contributed by atoms with Gasteiger partial charge in [-0.1, -0.05) is 46.8 Å². The SMILES string of the molecule is Cc1cccc(Nc2nnc(SCC(=O)Nc3ccc(Cl)cc3F)s2)c1. The molecule has 0 spiro atoms. The highest BCUT2D eigenvalue weighted by Crippen LogP contribution is 2.28. The summed E-state index contributed by atoms with van der Waals surface area (Å²) in [5.74, 6) is -0.808. The second-order valence-corrected chi connectivity index (χ2v) is 7.97. The van der Waals surface area contributed by atoms with Crippen molar-refractivity contribution in [3.8, 4) is 0 Å². The van der Waals surface area contributed by atoms with E-state index in [2.05, 4.69) is 20.8 Å². The minimum absolute atomic E-state index is 0.0964. The van der Waals surface area contributed by atoms with Crippen molar-refractivity contribution in [2.75, 3.05) is 16.4 Å².